The van der Waals surface area contributed by atoms with Crippen molar-refractivity contribution in [1.82, 2.24) is 4.90 Å². The first-order valence-corrected chi connectivity index (χ1v) is 8.31. The van der Waals surface area contributed by atoms with E-state index in [1.54, 1.807) is 0 Å². The Morgan fingerprint density at radius 2 is 1.89 bits per heavy atom. The first-order valence-electron chi connectivity index (χ1n) is 8.31. The van der Waals surface area contributed by atoms with Crippen molar-refractivity contribution >= 4 is 0 Å². The van der Waals surface area contributed by atoms with Crippen molar-refractivity contribution in [3.63, 3.8) is 0 Å². The lowest BCUT2D eigenvalue weighted by molar-refractivity contribution is -0.0864. The molecule has 4 atom stereocenters. The van der Waals surface area contributed by atoms with E-state index in [0.29, 0.717) is 6.10 Å². The normalized spacial score (nSPS) is 44.2. The molecule has 2 N–H and O–H groups in total. The standard InChI is InChI=1S/C16H30N2O/c1-19-15-8-4-5-10-16(15,12-17)18-11-9-13-6-2-3-7-14(13)18/h13-15H,2-12,17H2,1H3. The van der Waals surface area contributed by atoms with Gasteiger partial charge >= 0.3 is 0 Å². The summed E-state index contributed by atoms with van der Waals surface area (Å²) in [7, 11) is 1.88. The molecule has 2 aliphatic carbocycles. The van der Waals surface area contributed by atoms with E-state index in [0.717, 1.165) is 18.5 Å². The Balaban J connectivity index is 1.84. The zero-order valence-corrected chi connectivity index (χ0v) is 12.4. The minimum Gasteiger partial charge on any atom is -0.379 e. The number of nitrogens with two attached hydrogens (primary N) is 1. The average Bonchev–Trinajstić information content (AvgIpc) is 2.91. The van der Waals surface area contributed by atoms with Crippen molar-refractivity contribution in [2.75, 3.05) is 20.2 Å². The maximum atomic E-state index is 6.28. The van der Waals surface area contributed by atoms with E-state index in [1.807, 2.05) is 7.11 Å². The molecule has 1 heterocycles. The van der Waals surface area contributed by atoms with Gasteiger partial charge in [-0.2, -0.15) is 0 Å². The lowest BCUT2D eigenvalue weighted by atomic mass is 9.75. The lowest BCUT2D eigenvalue weighted by Gasteiger charge is -2.52. The Labute approximate surface area is 117 Å². The van der Waals surface area contributed by atoms with E-state index in [2.05, 4.69) is 4.90 Å². The summed E-state index contributed by atoms with van der Waals surface area (Å²) < 4.78 is 5.87. The van der Waals surface area contributed by atoms with Gasteiger partial charge in [0.1, 0.15) is 0 Å². The van der Waals surface area contributed by atoms with E-state index < -0.39 is 0 Å². The third-order valence-electron chi connectivity index (χ3n) is 6.15. The molecule has 0 radical (unpaired) electrons. The highest BCUT2D eigenvalue weighted by atomic mass is 16.5. The predicted octanol–water partition coefficient (Wildman–Crippen LogP) is 2.54. The Kier molecular flexibility index (Phi) is 4.16. The number of methoxy groups -OCH3 is 1. The molecule has 1 saturated heterocycles. The molecule has 0 aromatic rings. The highest BCUT2D eigenvalue weighted by Crippen LogP contribution is 2.44. The molecule has 0 aromatic heterocycles. The first-order chi connectivity index (χ1) is 9.31. The van der Waals surface area contributed by atoms with Crippen molar-refractivity contribution in [3.05, 3.63) is 0 Å². The molecule has 110 valence electrons. The molecule has 3 nitrogen and oxygen atoms in total. The summed E-state index contributed by atoms with van der Waals surface area (Å²) in [4.78, 5) is 2.80. The fourth-order valence-corrected chi connectivity index (χ4v) is 5.17. The van der Waals surface area contributed by atoms with Gasteiger partial charge in [0.05, 0.1) is 11.6 Å². The third kappa shape index (κ3) is 2.24. The van der Waals surface area contributed by atoms with Gasteiger partial charge in [0.15, 0.2) is 0 Å². The fraction of sp³-hybridized carbons (Fsp3) is 1.00. The van der Waals surface area contributed by atoms with Crippen molar-refractivity contribution < 1.29 is 4.74 Å². The Morgan fingerprint density at radius 1 is 1.11 bits per heavy atom. The molecule has 3 rings (SSSR count). The van der Waals surface area contributed by atoms with Crippen LogP contribution in [0.1, 0.15) is 57.8 Å². The molecule has 0 aromatic carbocycles. The van der Waals surface area contributed by atoms with Crippen LogP contribution in [0.5, 0.6) is 0 Å². The predicted molar refractivity (Wildman–Crippen MR) is 78.1 cm³/mol. The maximum absolute atomic E-state index is 6.28. The summed E-state index contributed by atoms with van der Waals surface area (Å²) in [6.45, 7) is 2.03. The molecule has 3 heteroatoms. The molecular weight excluding hydrogens is 236 g/mol. The lowest BCUT2D eigenvalue weighted by Crippen LogP contribution is -2.64. The van der Waals surface area contributed by atoms with Gasteiger partial charge in [-0.3, -0.25) is 4.90 Å². The van der Waals surface area contributed by atoms with Crippen LogP contribution in [0.3, 0.4) is 0 Å². The number of fused-ring (bicyclic) bond motifs is 1. The summed E-state index contributed by atoms with van der Waals surface area (Å²) in [6.07, 6.45) is 12.5. The zero-order chi connectivity index (χ0) is 13.3. The van der Waals surface area contributed by atoms with Crippen LogP contribution in [0, 0.1) is 5.92 Å². The van der Waals surface area contributed by atoms with Crippen LogP contribution >= 0.6 is 0 Å². The topological polar surface area (TPSA) is 38.5 Å². The number of nitrogens with zero attached hydrogens (tertiary/aromatic N) is 1. The number of hydrogen-bond donors (Lipinski definition) is 1. The molecule has 4 unspecified atom stereocenters. The van der Waals surface area contributed by atoms with Crippen LogP contribution in [0.15, 0.2) is 0 Å². The van der Waals surface area contributed by atoms with Crippen LogP contribution in [0.2, 0.25) is 0 Å². The number of ether oxygens (including phenoxy) is 1. The van der Waals surface area contributed by atoms with Gasteiger partial charge in [0.25, 0.3) is 0 Å². The van der Waals surface area contributed by atoms with Crippen molar-refractivity contribution in [2.24, 2.45) is 11.7 Å². The molecule has 3 fully saturated rings. The molecular formula is C16H30N2O. The Bertz CT molecular complexity index is 309. The van der Waals surface area contributed by atoms with E-state index >= 15 is 0 Å². The molecule has 0 amide bonds. The monoisotopic (exact) mass is 266 g/mol. The second kappa shape index (κ2) is 5.71. The smallest absolute Gasteiger partial charge is 0.0767 e. The highest BCUT2D eigenvalue weighted by Gasteiger charge is 2.51. The third-order valence-corrected chi connectivity index (χ3v) is 6.15. The summed E-state index contributed by atoms with van der Waals surface area (Å²) in [5, 5.41) is 0. The van der Waals surface area contributed by atoms with Crippen molar-refractivity contribution in [3.8, 4) is 0 Å². The van der Waals surface area contributed by atoms with Crippen LogP contribution in [-0.4, -0.2) is 42.8 Å². The minimum atomic E-state index is 0.143. The molecule has 1 aliphatic heterocycles. The maximum Gasteiger partial charge on any atom is 0.0767 e. The van der Waals surface area contributed by atoms with E-state index in [1.165, 1.54) is 64.3 Å². The van der Waals surface area contributed by atoms with Crippen molar-refractivity contribution in [2.45, 2.75) is 75.5 Å². The quantitative estimate of drug-likeness (QED) is 0.853. The Hall–Kier alpha value is -0.120. The van der Waals surface area contributed by atoms with E-state index in [-0.39, 0.29) is 5.54 Å². The highest BCUT2D eigenvalue weighted by molar-refractivity contribution is 5.06. The summed E-state index contributed by atoms with van der Waals surface area (Å²) in [5.41, 5.74) is 6.43. The van der Waals surface area contributed by atoms with Gasteiger partial charge in [0.2, 0.25) is 0 Å². The second-order valence-electron chi connectivity index (χ2n) is 6.87. The molecule has 19 heavy (non-hydrogen) atoms. The van der Waals surface area contributed by atoms with Gasteiger partial charge in [-0.25, -0.2) is 0 Å². The van der Waals surface area contributed by atoms with Crippen LogP contribution < -0.4 is 5.73 Å². The van der Waals surface area contributed by atoms with Crippen LogP contribution in [-0.2, 0) is 4.74 Å². The molecule has 2 saturated carbocycles. The average molecular weight is 266 g/mol. The molecule has 0 spiro atoms. The first kappa shape index (κ1) is 13.8. The largest absolute Gasteiger partial charge is 0.379 e. The fourth-order valence-electron chi connectivity index (χ4n) is 5.17. The van der Waals surface area contributed by atoms with Gasteiger partial charge in [0, 0.05) is 19.7 Å². The van der Waals surface area contributed by atoms with Gasteiger partial charge in [-0.15, -0.1) is 0 Å². The summed E-state index contributed by atoms with van der Waals surface area (Å²) >= 11 is 0. The zero-order valence-electron chi connectivity index (χ0n) is 12.4. The number of likely N-dealkylation sites (tertiary alicyclic amines) is 1. The molecule has 0 bridgehead atoms. The van der Waals surface area contributed by atoms with Crippen molar-refractivity contribution in [1.29, 1.82) is 0 Å². The Morgan fingerprint density at radius 3 is 2.68 bits per heavy atom. The SMILES string of the molecule is COC1CCCCC1(CN)N1CCC2CCCCC21. The number of hydrogen-bond acceptors (Lipinski definition) is 3. The van der Waals surface area contributed by atoms with Gasteiger partial charge < -0.3 is 10.5 Å². The minimum absolute atomic E-state index is 0.143. The summed E-state index contributed by atoms with van der Waals surface area (Å²) in [5.74, 6) is 0.941. The van der Waals surface area contributed by atoms with Gasteiger partial charge in [-0.1, -0.05) is 25.7 Å². The van der Waals surface area contributed by atoms with Gasteiger partial charge in [-0.05, 0) is 44.6 Å². The molecule has 3 aliphatic rings. The van der Waals surface area contributed by atoms with Crippen LogP contribution in [0.4, 0.5) is 0 Å². The summed E-state index contributed by atoms with van der Waals surface area (Å²) in [6, 6.07) is 0.799. The van der Waals surface area contributed by atoms with E-state index in [4.69, 9.17) is 10.5 Å². The van der Waals surface area contributed by atoms with Crippen LogP contribution in [0.25, 0.3) is 0 Å². The second-order valence-corrected chi connectivity index (χ2v) is 6.87. The number of rotatable bonds is 3. The van der Waals surface area contributed by atoms with E-state index in [9.17, 15) is 0 Å².